The summed E-state index contributed by atoms with van der Waals surface area (Å²) in [7, 11) is 0. The molecule has 2 aromatic carbocycles. The van der Waals surface area contributed by atoms with Crippen molar-refractivity contribution >= 4 is 17.6 Å². The van der Waals surface area contributed by atoms with Crippen LogP contribution in [0.5, 0.6) is 5.75 Å². The second-order valence-electron chi connectivity index (χ2n) is 6.15. The Morgan fingerprint density at radius 1 is 1.00 bits per heavy atom. The summed E-state index contributed by atoms with van der Waals surface area (Å²) in [5, 5.41) is 2.74. The molecule has 1 amide bonds. The van der Waals surface area contributed by atoms with E-state index >= 15 is 0 Å². The van der Waals surface area contributed by atoms with Crippen LogP contribution >= 0.6 is 0 Å². The van der Waals surface area contributed by atoms with Gasteiger partial charge in [0.1, 0.15) is 5.75 Å². The largest absolute Gasteiger partial charge is 0.484 e. The van der Waals surface area contributed by atoms with E-state index in [9.17, 15) is 9.59 Å². The molecule has 5 heteroatoms. The molecule has 0 aliphatic rings. The smallest absolute Gasteiger partial charge is 0.338 e. The quantitative estimate of drug-likeness (QED) is 0.567. The van der Waals surface area contributed by atoms with E-state index in [1.54, 1.807) is 24.3 Å². The van der Waals surface area contributed by atoms with Crippen molar-refractivity contribution in [3.63, 3.8) is 0 Å². The topological polar surface area (TPSA) is 64.6 Å². The summed E-state index contributed by atoms with van der Waals surface area (Å²) in [6.45, 7) is 6.40. The van der Waals surface area contributed by atoms with Gasteiger partial charge in [-0.05, 0) is 67.8 Å². The van der Waals surface area contributed by atoms with Crippen molar-refractivity contribution in [2.45, 2.75) is 33.6 Å². The van der Waals surface area contributed by atoms with Crippen molar-refractivity contribution < 1.29 is 19.1 Å². The van der Waals surface area contributed by atoms with Crippen LogP contribution in [0.1, 0.15) is 41.3 Å². The van der Waals surface area contributed by atoms with Crippen LogP contribution in [0.25, 0.3) is 0 Å². The number of nitrogens with one attached hydrogen (secondary N) is 1. The van der Waals surface area contributed by atoms with E-state index in [0.717, 1.165) is 18.4 Å². The Bertz CT molecular complexity index is 753. The normalized spacial score (nSPS) is 10.3. The molecular weight excluding hydrogens is 330 g/mol. The molecule has 0 saturated heterocycles. The standard InChI is InChI=1S/C21H25NO4/c1-4-5-12-25-21(24)17-7-9-18(10-8-17)22-20(23)14-26-19-11-6-15(2)16(3)13-19/h6-11,13H,4-5,12,14H2,1-3H3,(H,22,23). The molecule has 0 spiro atoms. The van der Waals surface area contributed by atoms with E-state index < -0.39 is 0 Å². The molecule has 0 heterocycles. The first-order valence-corrected chi connectivity index (χ1v) is 8.76. The van der Waals surface area contributed by atoms with Gasteiger partial charge in [0.05, 0.1) is 12.2 Å². The molecule has 0 atom stereocenters. The van der Waals surface area contributed by atoms with Gasteiger partial charge in [0.25, 0.3) is 5.91 Å². The fraction of sp³-hybridized carbons (Fsp3) is 0.333. The predicted molar refractivity (Wildman–Crippen MR) is 102 cm³/mol. The molecule has 0 radical (unpaired) electrons. The Morgan fingerprint density at radius 2 is 1.73 bits per heavy atom. The zero-order chi connectivity index (χ0) is 18.9. The number of unbranched alkanes of at least 4 members (excludes halogenated alkanes) is 1. The number of carbonyl (C=O) groups excluding carboxylic acids is 2. The highest BCUT2D eigenvalue weighted by molar-refractivity contribution is 5.93. The van der Waals surface area contributed by atoms with Gasteiger partial charge in [0.15, 0.2) is 6.61 Å². The molecule has 0 aromatic heterocycles. The molecular formula is C21H25NO4. The maximum atomic E-state index is 12.0. The molecule has 26 heavy (non-hydrogen) atoms. The average molecular weight is 355 g/mol. The first-order chi connectivity index (χ1) is 12.5. The second kappa shape index (κ2) is 9.61. The first kappa shape index (κ1) is 19.5. The Balaban J connectivity index is 1.83. The average Bonchev–Trinajstić information content (AvgIpc) is 2.63. The van der Waals surface area contributed by atoms with Gasteiger partial charge in [-0.2, -0.15) is 0 Å². The summed E-state index contributed by atoms with van der Waals surface area (Å²) in [4.78, 5) is 23.8. The van der Waals surface area contributed by atoms with Crippen LogP contribution in [0.4, 0.5) is 5.69 Å². The van der Waals surface area contributed by atoms with Crippen LogP contribution in [0, 0.1) is 13.8 Å². The molecule has 0 aliphatic carbocycles. The Morgan fingerprint density at radius 3 is 2.38 bits per heavy atom. The molecule has 2 aromatic rings. The van der Waals surface area contributed by atoms with Crippen molar-refractivity contribution in [2.75, 3.05) is 18.5 Å². The van der Waals surface area contributed by atoms with Gasteiger partial charge in [-0.1, -0.05) is 19.4 Å². The number of esters is 1. The van der Waals surface area contributed by atoms with Gasteiger partial charge in [0, 0.05) is 5.69 Å². The number of hydrogen-bond acceptors (Lipinski definition) is 4. The number of amides is 1. The van der Waals surface area contributed by atoms with E-state index in [1.165, 1.54) is 5.56 Å². The third kappa shape index (κ3) is 5.92. The molecule has 0 bridgehead atoms. The van der Waals surface area contributed by atoms with E-state index in [4.69, 9.17) is 9.47 Å². The zero-order valence-corrected chi connectivity index (χ0v) is 15.5. The predicted octanol–water partition coefficient (Wildman–Crippen LogP) is 4.28. The molecule has 5 nitrogen and oxygen atoms in total. The van der Waals surface area contributed by atoms with Crippen molar-refractivity contribution in [2.24, 2.45) is 0 Å². The lowest BCUT2D eigenvalue weighted by molar-refractivity contribution is -0.118. The van der Waals surface area contributed by atoms with Crippen molar-refractivity contribution in [3.05, 3.63) is 59.2 Å². The summed E-state index contributed by atoms with van der Waals surface area (Å²) in [6, 6.07) is 12.3. The second-order valence-corrected chi connectivity index (χ2v) is 6.15. The SMILES string of the molecule is CCCCOC(=O)c1ccc(NC(=O)COc2ccc(C)c(C)c2)cc1. The zero-order valence-electron chi connectivity index (χ0n) is 15.5. The van der Waals surface area contributed by atoms with Crippen LogP contribution in [-0.2, 0) is 9.53 Å². The fourth-order valence-electron chi connectivity index (χ4n) is 2.23. The number of ether oxygens (including phenoxy) is 2. The number of benzene rings is 2. The number of rotatable bonds is 8. The lowest BCUT2D eigenvalue weighted by Crippen LogP contribution is -2.20. The Kier molecular flexibility index (Phi) is 7.21. The monoisotopic (exact) mass is 355 g/mol. The van der Waals surface area contributed by atoms with Gasteiger partial charge < -0.3 is 14.8 Å². The minimum Gasteiger partial charge on any atom is -0.484 e. The Hall–Kier alpha value is -2.82. The van der Waals surface area contributed by atoms with Crippen LogP contribution < -0.4 is 10.1 Å². The van der Waals surface area contributed by atoms with Gasteiger partial charge >= 0.3 is 5.97 Å². The van der Waals surface area contributed by atoms with E-state index in [2.05, 4.69) is 5.32 Å². The molecule has 0 aliphatic heterocycles. The highest BCUT2D eigenvalue weighted by atomic mass is 16.5. The van der Waals surface area contributed by atoms with Crippen LogP contribution in [0.3, 0.4) is 0 Å². The number of hydrogen-bond donors (Lipinski definition) is 1. The van der Waals surface area contributed by atoms with Crippen molar-refractivity contribution in [1.82, 2.24) is 0 Å². The molecule has 0 saturated carbocycles. The van der Waals surface area contributed by atoms with Gasteiger partial charge in [0.2, 0.25) is 0 Å². The summed E-state index contributed by atoms with van der Waals surface area (Å²) >= 11 is 0. The van der Waals surface area contributed by atoms with Crippen LogP contribution in [0.15, 0.2) is 42.5 Å². The summed E-state index contributed by atoms with van der Waals surface area (Å²) in [5.41, 5.74) is 3.36. The molecule has 0 unspecified atom stereocenters. The van der Waals surface area contributed by atoms with Gasteiger partial charge in [-0.15, -0.1) is 0 Å². The van der Waals surface area contributed by atoms with Gasteiger partial charge in [-0.25, -0.2) is 4.79 Å². The highest BCUT2D eigenvalue weighted by Gasteiger charge is 2.08. The minimum atomic E-state index is -0.352. The lowest BCUT2D eigenvalue weighted by Gasteiger charge is -2.09. The summed E-state index contributed by atoms with van der Waals surface area (Å²) in [5.74, 6) is 0.0457. The highest BCUT2D eigenvalue weighted by Crippen LogP contribution is 2.16. The third-order valence-corrected chi connectivity index (χ3v) is 3.98. The van der Waals surface area contributed by atoms with E-state index in [1.807, 2.05) is 39.0 Å². The summed E-state index contributed by atoms with van der Waals surface area (Å²) in [6.07, 6.45) is 1.82. The van der Waals surface area contributed by atoms with Crippen molar-refractivity contribution in [1.29, 1.82) is 0 Å². The molecule has 0 fully saturated rings. The summed E-state index contributed by atoms with van der Waals surface area (Å²) < 4.78 is 10.7. The minimum absolute atomic E-state index is 0.0800. The third-order valence-electron chi connectivity index (χ3n) is 3.98. The van der Waals surface area contributed by atoms with E-state index in [-0.39, 0.29) is 18.5 Å². The maximum Gasteiger partial charge on any atom is 0.338 e. The number of anilines is 1. The first-order valence-electron chi connectivity index (χ1n) is 8.76. The lowest BCUT2D eigenvalue weighted by atomic mass is 10.1. The number of carbonyl (C=O) groups is 2. The molecule has 1 N–H and O–H groups in total. The molecule has 138 valence electrons. The van der Waals surface area contributed by atoms with Crippen LogP contribution in [-0.4, -0.2) is 25.1 Å². The van der Waals surface area contributed by atoms with Gasteiger partial charge in [-0.3, -0.25) is 4.79 Å². The van der Waals surface area contributed by atoms with Crippen LogP contribution in [0.2, 0.25) is 0 Å². The maximum absolute atomic E-state index is 12.0. The van der Waals surface area contributed by atoms with Crippen molar-refractivity contribution in [3.8, 4) is 5.75 Å². The molecule has 2 rings (SSSR count). The Labute approximate surface area is 154 Å². The van der Waals surface area contributed by atoms with E-state index in [0.29, 0.717) is 23.6 Å². The number of aryl methyl sites for hydroxylation is 2. The fourth-order valence-corrected chi connectivity index (χ4v) is 2.23.